The predicted molar refractivity (Wildman–Crippen MR) is 98.0 cm³/mol. The highest BCUT2D eigenvalue weighted by atomic mass is 16.5. The van der Waals surface area contributed by atoms with Crippen molar-refractivity contribution >= 4 is 27.8 Å². The summed E-state index contributed by atoms with van der Waals surface area (Å²) in [7, 11) is 2.90. The molecule has 0 saturated carbocycles. The maximum absolute atomic E-state index is 12.0. The topological polar surface area (TPSA) is 73.4 Å². The monoisotopic (exact) mass is 348 g/mol. The van der Waals surface area contributed by atoms with Gasteiger partial charge in [0.25, 0.3) is 0 Å². The van der Waals surface area contributed by atoms with Gasteiger partial charge in [0.05, 0.1) is 19.7 Å². The number of aromatic amines is 1. The molecule has 2 aromatic carbocycles. The Morgan fingerprint density at radius 2 is 1.85 bits per heavy atom. The van der Waals surface area contributed by atoms with Gasteiger partial charge >= 0.3 is 5.97 Å². The lowest BCUT2D eigenvalue weighted by Gasteiger charge is -2.11. The van der Waals surface area contributed by atoms with E-state index in [0.29, 0.717) is 22.8 Å². The van der Waals surface area contributed by atoms with Crippen LogP contribution in [0, 0.1) is 0 Å². The highest BCUT2D eigenvalue weighted by Gasteiger charge is 2.15. The number of aromatic nitrogens is 2. The highest BCUT2D eigenvalue weighted by Crippen LogP contribution is 2.33. The van der Waals surface area contributed by atoms with Crippen LogP contribution in [-0.2, 0) is 4.74 Å². The molecule has 26 heavy (non-hydrogen) atoms. The lowest BCUT2D eigenvalue weighted by molar-refractivity contribution is 0.0594. The third kappa shape index (κ3) is 2.82. The minimum Gasteiger partial charge on any atom is -0.497 e. The second-order valence-electron chi connectivity index (χ2n) is 5.71. The fourth-order valence-corrected chi connectivity index (χ4v) is 2.82. The van der Waals surface area contributed by atoms with Crippen molar-refractivity contribution in [2.24, 2.45) is 0 Å². The van der Waals surface area contributed by atoms with Gasteiger partial charge in [-0.3, -0.25) is 0 Å². The SMILES string of the molecule is COC(=O)c1cc(Oc2ccc3[nH]ccc3c2)c2ccc(OC)cc2n1. The van der Waals surface area contributed by atoms with E-state index in [9.17, 15) is 4.79 Å². The fourth-order valence-electron chi connectivity index (χ4n) is 2.82. The number of nitrogens with zero attached hydrogens (tertiary/aromatic N) is 1. The van der Waals surface area contributed by atoms with Crippen molar-refractivity contribution in [3.05, 3.63) is 60.4 Å². The van der Waals surface area contributed by atoms with Gasteiger partial charge in [-0.15, -0.1) is 0 Å². The number of fused-ring (bicyclic) bond motifs is 2. The largest absolute Gasteiger partial charge is 0.497 e. The van der Waals surface area contributed by atoms with Crippen LogP contribution in [0.1, 0.15) is 10.5 Å². The zero-order valence-electron chi connectivity index (χ0n) is 14.3. The number of methoxy groups -OCH3 is 2. The van der Waals surface area contributed by atoms with Crippen molar-refractivity contribution < 1.29 is 19.0 Å². The van der Waals surface area contributed by atoms with E-state index in [1.54, 1.807) is 19.2 Å². The molecule has 0 aliphatic heterocycles. The summed E-state index contributed by atoms with van der Waals surface area (Å²) in [5.41, 5.74) is 1.79. The molecule has 0 bridgehead atoms. The Kier molecular flexibility index (Phi) is 3.93. The van der Waals surface area contributed by atoms with Crippen LogP contribution >= 0.6 is 0 Å². The number of ether oxygens (including phenoxy) is 3. The first-order chi connectivity index (χ1) is 12.7. The molecule has 2 heterocycles. The molecule has 130 valence electrons. The zero-order valence-corrected chi connectivity index (χ0v) is 14.3. The summed E-state index contributed by atoms with van der Waals surface area (Å²) in [6, 6.07) is 14.7. The Morgan fingerprint density at radius 3 is 2.65 bits per heavy atom. The molecule has 6 heteroatoms. The molecule has 6 nitrogen and oxygen atoms in total. The van der Waals surface area contributed by atoms with Gasteiger partial charge in [0.2, 0.25) is 0 Å². The number of esters is 1. The molecule has 0 amide bonds. The van der Waals surface area contributed by atoms with Crippen LogP contribution in [0.2, 0.25) is 0 Å². The maximum atomic E-state index is 12.0. The van der Waals surface area contributed by atoms with E-state index in [0.717, 1.165) is 16.3 Å². The number of carbonyl (C=O) groups excluding carboxylic acids is 1. The second-order valence-corrected chi connectivity index (χ2v) is 5.71. The first-order valence-electron chi connectivity index (χ1n) is 8.00. The van der Waals surface area contributed by atoms with Crippen molar-refractivity contribution in [3.8, 4) is 17.2 Å². The van der Waals surface area contributed by atoms with Gasteiger partial charge in [0, 0.05) is 34.6 Å². The summed E-state index contributed by atoms with van der Waals surface area (Å²) in [6.45, 7) is 0. The molecular weight excluding hydrogens is 332 g/mol. The Hall–Kier alpha value is -3.54. The molecule has 4 aromatic rings. The second kappa shape index (κ2) is 6.40. The van der Waals surface area contributed by atoms with Gasteiger partial charge < -0.3 is 19.2 Å². The molecule has 0 radical (unpaired) electrons. The molecule has 0 saturated heterocycles. The van der Waals surface area contributed by atoms with Crippen LogP contribution in [-0.4, -0.2) is 30.2 Å². The molecule has 0 fully saturated rings. The molecule has 4 rings (SSSR count). The van der Waals surface area contributed by atoms with Gasteiger partial charge in [-0.05, 0) is 36.4 Å². The molecule has 0 unspecified atom stereocenters. The number of benzene rings is 2. The summed E-state index contributed by atoms with van der Waals surface area (Å²) in [4.78, 5) is 19.5. The fraction of sp³-hybridized carbons (Fsp3) is 0.100. The van der Waals surface area contributed by atoms with Gasteiger partial charge in [-0.1, -0.05) is 0 Å². The van der Waals surface area contributed by atoms with Gasteiger partial charge in [0.1, 0.15) is 17.2 Å². The van der Waals surface area contributed by atoms with E-state index in [2.05, 4.69) is 9.97 Å². The molecule has 0 atom stereocenters. The van der Waals surface area contributed by atoms with E-state index in [-0.39, 0.29) is 5.69 Å². The van der Waals surface area contributed by atoms with E-state index < -0.39 is 5.97 Å². The number of H-pyrrole nitrogens is 1. The van der Waals surface area contributed by atoms with Crippen molar-refractivity contribution in [1.82, 2.24) is 9.97 Å². The van der Waals surface area contributed by atoms with Gasteiger partial charge in [-0.25, -0.2) is 9.78 Å². The summed E-state index contributed by atoms with van der Waals surface area (Å²) in [5.74, 6) is 1.30. The minimum atomic E-state index is -0.527. The smallest absolute Gasteiger partial charge is 0.356 e. The average molecular weight is 348 g/mol. The van der Waals surface area contributed by atoms with Gasteiger partial charge in [-0.2, -0.15) is 0 Å². The summed E-state index contributed by atoms with van der Waals surface area (Å²) in [6.07, 6.45) is 1.87. The Morgan fingerprint density at radius 1 is 1.00 bits per heavy atom. The Balaban J connectivity index is 1.84. The third-order valence-electron chi connectivity index (χ3n) is 4.13. The number of hydrogen-bond acceptors (Lipinski definition) is 5. The highest BCUT2D eigenvalue weighted by molar-refractivity contribution is 5.94. The zero-order chi connectivity index (χ0) is 18.1. The van der Waals surface area contributed by atoms with Crippen LogP contribution in [0.15, 0.2) is 54.7 Å². The number of hydrogen-bond donors (Lipinski definition) is 1. The number of carbonyl (C=O) groups is 1. The molecule has 0 aliphatic rings. The van der Waals surface area contributed by atoms with Crippen LogP contribution in [0.25, 0.3) is 21.8 Å². The van der Waals surface area contributed by atoms with Gasteiger partial charge in [0.15, 0.2) is 5.69 Å². The van der Waals surface area contributed by atoms with Crippen molar-refractivity contribution in [1.29, 1.82) is 0 Å². The first kappa shape index (κ1) is 16.0. The molecule has 0 spiro atoms. The normalized spacial score (nSPS) is 10.8. The standard InChI is InChI=1S/C20H16N2O4/c1-24-13-3-5-15-17(10-13)22-18(20(23)25-2)11-19(15)26-14-4-6-16-12(9-14)7-8-21-16/h3-11,21H,1-2H3. The van der Waals surface area contributed by atoms with Crippen LogP contribution in [0.4, 0.5) is 0 Å². The maximum Gasteiger partial charge on any atom is 0.356 e. The van der Waals surface area contributed by atoms with E-state index >= 15 is 0 Å². The van der Waals surface area contributed by atoms with Crippen molar-refractivity contribution in [2.45, 2.75) is 0 Å². The average Bonchev–Trinajstić information content (AvgIpc) is 3.14. The molecule has 1 N–H and O–H groups in total. The number of pyridine rings is 1. The van der Waals surface area contributed by atoms with E-state index in [4.69, 9.17) is 14.2 Å². The van der Waals surface area contributed by atoms with Crippen LogP contribution < -0.4 is 9.47 Å². The Labute approximate surface area is 149 Å². The lowest BCUT2D eigenvalue weighted by atomic mass is 10.1. The van der Waals surface area contributed by atoms with Crippen molar-refractivity contribution in [3.63, 3.8) is 0 Å². The van der Waals surface area contributed by atoms with E-state index in [1.165, 1.54) is 7.11 Å². The predicted octanol–water partition coefficient (Wildman–Crippen LogP) is 4.30. The quantitative estimate of drug-likeness (QED) is 0.557. The summed E-state index contributed by atoms with van der Waals surface area (Å²) < 4.78 is 16.1. The Bertz CT molecular complexity index is 1120. The molecular formula is C20H16N2O4. The number of nitrogens with one attached hydrogen (secondary N) is 1. The molecule has 0 aliphatic carbocycles. The van der Waals surface area contributed by atoms with E-state index in [1.807, 2.05) is 42.6 Å². The lowest BCUT2D eigenvalue weighted by Crippen LogP contribution is -2.05. The van der Waals surface area contributed by atoms with Crippen molar-refractivity contribution in [2.75, 3.05) is 14.2 Å². The van der Waals surface area contributed by atoms with Crippen LogP contribution in [0.5, 0.6) is 17.2 Å². The third-order valence-corrected chi connectivity index (χ3v) is 4.13. The molecule has 2 aromatic heterocycles. The summed E-state index contributed by atoms with van der Waals surface area (Å²) >= 11 is 0. The van der Waals surface area contributed by atoms with Crippen LogP contribution in [0.3, 0.4) is 0 Å². The number of rotatable bonds is 4. The first-order valence-corrected chi connectivity index (χ1v) is 8.00. The summed E-state index contributed by atoms with van der Waals surface area (Å²) in [5, 5.41) is 1.81. The minimum absolute atomic E-state index is 0.172.